The van der Waals surface area contributed by atoms with E-state index in [0.717, 1.165) is 11.3 Å². The minimum atomic E-state index is -4.93. The molecule has 1 aliphatic heterocycles. The number of amides is 1. The molecule has 0 aromatic heterocycles. The van der Waals surface area contributed by atoms with Crippen molar-refractivity contribution in [3.05, 3.63) is 0 Å². The topological polar surface area (TPSA) is 57.6 Å². The number of hydrogen-bond donors (Lipinski definition) is 1. The second-order valence-electron chi connectivity index (χ2n) is 5.32. The highest BCUT2D eigenvalue weighted by atomic mass is 19.4. The molecule has 1 N–H and O–H groups in total. The minimum absolute atomic E-state index is 0.116. The van der Waals surface area contributed by atoms with E-state index in [2.05, 4.69) is 0 Å². The van der Waals surface area contributed by atoms with Gasteiger partial charge in [0.25, 0.3) is 0 Å². The summed E-state index contributed by atoms with van der Waals surface area (Å²) >= 11 is 0. The average molecular weight is 279 g/mol. The Kier molecular flexibility index (Phi) is 3.49. The quantitative estimate of drug-likeness (QED) is 0.800. The molecule has 7 heteroatoms. The number of halogens is 3. The third kappa shape index (κ3) is 2.30. The molecule has 1 saturated carbocycles. The molecule has 2 fully saturated rings. The van der Waals surface area contributed by atoms with Gasteiger partial charge >= 0.3 is 18.1 Å². The van der Waals surface area contributed by atoms with Crippen molar-refractivity contribution in [2.75, 3.05) is 6.54 Å². The highest BCUT2D eigenvalue weighted by Crippen LogP contribution is 2.47. The zero-order valence-corrected chi connectivity index (χ0v) is 10.4. The van der Waals surface area contributed by atoms with Gasteiger partial charge in [-0.25, -0.2) is 0 Å². The van der Waals surface area contributed by atoms with E-state index < -0.39 is 29.5 Å². The molecule has 0 bridgehead atoms. The first kappa shape index (κ1) is 14.1. The second kappa shape index (κ2) is 4.68. The predicted molar refractivity (Wildman–Crippen MR) is 59.3 cm³/mol. The Morgan fingerprint density at radius 1 is 1.16 bits per heavy atom. The van der Waals surface area contributed by atoms with Crippen LogP contribution in [0.1, 0.15) is 38.5 Å². The van der Waals surface area contributed by atoms with E-state index in [1.807, 2.05) is 0 Å². The van der Waals surface area contributed by atoms with E-state index in [0.29, 0.717) is 25.7 Å². The van der Waals surface area contributed by atoms with E-state index in [4.69, 9.17) is 0 Å². The Hall–Kier alpha value is -1.27. The molecule has 0 unspecified atom stereocenters. The first-order chi connectivity index (χ1) is 8.79. The zero-order valence-electron chi connectivity index (χ0n) is 10.4. The lowest BCUT2D eigenvalue weighted by molar-refractivity contribution is -0.188. The summed E-state index contributed by atoms with van der Waals surface area (Å²) in [6.07, 6.45) is -1.95. The fraction of sp³-hybridized carbons (Fsp3) is 0.833. The molecular formula is C12H16F3NO3. The number of alkyl halides is 3. The number of carboxylic acids is 1. The Bertz CT molecular complexity index is 396. The molecular weight excluding hydrogens is 263 g/mol. The second-order valence-corrected chi connectivity index (χ2v) is 5.32. The van der Waals surface area contributed by atoms with Crippen molar-refractivity contribution in [2.45, 2.75) is 50.7 Å². The molecule has 1 aliphatic carbocycles. The SMILES string of the molecule is O=C(N1CC[C@]2(C(=O)O)CCCCC[C@H]12)C(F)(F)F. The monoisotopic (exact) mass is 279 g/mol. The Labute approximate surface area is 108 Å². The number of carboxylic acid groups (broad SMARTS) is 1. The summed E-state index contributed by atoms with van der Waals surface area (Å²) in [5, 5.41) is 9.41. The first-order valence-corrected chi connectivity index (χ1v) is 6.40. The smallest absolute Gasteiger partial charge is 0.471 e. The normalized spacial score (nSPS) is 31.7. The molecule has 108 valence electrons. The molecule has 4 nitrogen and oxygen atoms in total. The van der Waals surface area contributed by atoms with Gasteiger partial charge in [0, 0.05) is 12.6 Å². The molecule has 1 heterocycles. The van der Waals surface area contributed by atoms with Gasteiger partial charge in [-0.1, -0.05) is 19.3 Å². The van der Waals surface area contributed by atoms with Crippen molar-refractivity contribution in [1.82, 2.24) is 4.90 Å². The van der Waals surface area contributed by atoms with Crippen molar-refractivity contribution in [1.29, 1.82) is 0 Å². The summed E-state index contributed by atoms with van der Waals surface area (Å²) in [7, 11) is 0. The molecule has 0 aromatic carbocycles. The van der Waals surface area contributed by atoms with Crippen LogP contribution in [-0.2, 0) is 9.59 Å². The molecule has 0 spiro atoms. The number of nitrogens with zero attached hydrogens (tertiary/aromatic N) is 1. The van der Waals surface area contributed by atoms with E-state index in [1.54, 1.807) is 0 Å². The van der Waals surface area contributed by atoms with Crippen LogP contribution in [0.4, 0.5) is 13.2 Å². The Morgan fingerprint density at radius 2 is 1.84 bits per heavy atom. The lowest BCUT2D eigenvalue weighted by atomic mass is 9.76. The van der Waals surface area contributed by atoms with Gasteiger partial charge in [0.2, 0.25) is 0 Å². The molecule has 2 atom stereocenters. The number of aliphatic carboxylic acids is 1. The van der Waals surface area contributed by atoms with E-state index in [9.17, 15) is 27.9 Å². The Balaban J connectivity index is 2.31. The maximum absolute atomic E-state index is 12.5. The summed E-state index contributed by atoms with van der Waals surface area (Å²) in [6.45, 7) is -0.116. The van der Waals surface area contributed by atoms with Crippen molar-refractivity contribution < 1.29 is 27.9 Å². The summed E-state index contributed by atoms with van der Waals surface area (Å²) in [5.74, 6) is -2.97. The third-order valence-corrected chi connectivity index (χ3v) is 4.34. The van der Waals surface area contributed by atoms with Gasteiger partial charge in [0.1, 0.15) is 0 Å². The average Bonchev–Trinajstić information content (AvgIpc) is 2.53. The standard InChI is InChI=1S/C12H16F3NO3/c13-12(14,15)9(17)16-7-6-11(10(18)19)5-3-1-2-4-8(11)16/h8H,1-7H2,(H,18,19)/t8-,11+/m0/s1. The van der Waals surface area contributed by atoms with Gasteiger partial charge in [-0.05, 0) is 19.3 Å². The van der Waals surface area contributed by atoms with Crippen molar-refractivity contribution in [2.24, 2.45) is 5.41 Å². The van der Waals surface area contributed by atoms with Crippen LogP contribution in [-0.4, -0.2) is 40.6 Å². The molecule has 1 saturated heterocycles. The van der Waals surface area contributed by atoms with E-state index in [1.165, 1.54) is 0 Å². The summed E-state index contributed by atoms with van der Waals surface area (Å²) in [5.41, 5.74) is -1.18. The molecule has 2 aliphatic rings. The number of fused-ring (bicyclic) bond motifs is 1. The zero-order chi connectivity index (χ0) is 14.3. The van der Waals surface area contributed by atoms with Crippen LogP contribution in [0.15, 0.2) is 0 Å². The number of carbonyl (C=O) groups excluding carboxylic acids is 1. The van der Waals surface area contributed by atoms with Gasteiger partial charge in [0.05, 0.1) is 5.41 Å². The molecule has 19 heavy (non-hydrogen) atoms. The fourth-order valence-corrected chi connectivity index (χ4v) is 3.38. The van der Waals surface area contributed by atoms with E-state index >= 15 is 0 Å². The first-order valence-electron chi connectivity index (χ1n) is 6.40. The van der Waals surface area contributed by atoms with Crippen LogP contribution < -0.4 is 0 Å². The van der Waals surface area contributed by atoms with Gasteiger partial charge in [-0.3, -0.25) is 9.59 Å². The van der Waals surface area contributed by atoms with Crippen LogP contribution >= 0.6 is 0 Å². The van der Waals surface area contributed by atoms with Crippen molar-refractivity contribution in [3.8, 4) is 0 Å². The Morgan fingerprint density at radius 3 is 2.42 bits per heavy atom. The largest absolute Gasteiger partial charge is 0.481 e. The maximum atomic E-state index is 12.5. The highest BCUT2D eigenvalue weighted by Gasteiger charge is 2.57. The van der Waals surface area contributed by atoms with Gasteiger partial charge in [-0.15, -0.1) is 0 Å². The van der Waals surface area contributed by atoms with Gasteiger partial charge in [-0.2, -0.15) is 13.2 Å². The van der Waals surface area contributed by atoms with Gasteiger partial charge in [0.15, 0.2) is 0 Å². The van der Waals surface area contributed by atoms with Crippen molar-refractivity contribution in [3.63, 3.8) is 0 Å². The van der Waals surface area contributed by atoms with Gasteiger partial charge < -0.3 is 10.0 Å². The van der Waals surface area contributed by atoms with Crippen LogP contribution in [0.2, 0.25) is 0 Å². The van der Waals surface area contributed by atoms with E-state index in [-0.39, 0.29) is 13.0 Å². The van der Waals surface area contributed by atoms with Crippen LogP contribution in [0.5, 0.6) is 0 Å². The van der Waals surface area contributed by atoms with Crippen LogP contribution in [0.3, 0.4) is 0 Å². The minimum Gasteiger partial charge on any atom is -0.481 e. The summed E-state index contributed by atoms with van der Waals surface area (Å²) < 4.78 is 37.6. The highest BCUT2D eigenvalue weighted by molar-refractivity contribution is 5.85. The third-order valence-electron chi connectivity index (χ3n) is 4.34. The predicted octanol–water partition coefficient (Wildman–Crippen LogP) is 2.18. The molecule has 1 amide bonds. The number of likely N-dealkylation sites (tertiary alicyclic amines) is 1. The molecule has 2 rings (SSSR count). The number of carbonyl (C=O) groups is 2. The van der Waals surface area contributed by atoms with Crippen LogP contribution in [0, 0.1) is 5.41 Å². The number of hydrogen-bond acceptors (Lipinski definition) is 2. The summed E-state index contributed by atoms with van der Waals surface area (Å²) in [6, 6.07) is -0.818. The maximum Gasteiger partial charge on any atom is 0.471 e. The summed E-state index contributed by atoms with van der Waals surface area (Å²) in [4.78, 5) is 23.7. The molecule has 0 aromatic rings. The number of rotatable bonds is 1. The van der Waals surface area contributed by atoms with Crippen LogP contribution in [0.25, 0.3) is 0 Å². The van der Waals surface area contributed by atoms with Crippen molar-refractivity contribution >= 4 is 11.9 Å². The lowest BCUT2D eigenvalue weighted by Crippen LogP contribution is -2.49. The fourth-order valence-electron chi connectivity index (χ4n) is 3.38. The molecule has 0 radical (unpaired) electrons. The lowest BCUT2D eigenvalue weighted by Gasteiger charge is -2.33.